The summed E-state index contributed by atoms with van der Waals surface area (Å²) in [7, 11) is 1.41. The molecular weight excluding hydrogens is 308 g/mol. The Morgan fingerprint density at radius 3 is 2.74 bits per heavy atom. The van der Waals surface area contributed by atoms with Gasteiger partial charge >= 0.3 is 5.97 Å². The van der Waals surface area contributed by atoms with E-state index in [9.17, 15) is 9.59 Å². The number of methoxy groups -OCH3 is 1. The van der Waals surface area contributed by atoms with Crippen molar-refractivity contribution in [3.8, 4) is 0 Å². The van der Waals surface area contributed by atoms with E-state index in [4.69, 9.17) is 0 Å². The van der Waals surface area contributed by atoms with Crippen LogP contribution < -0.4 is 0 Å². The summed E-state index contributed by atoms with van der Waals surface area (Å²) < 4.78 is 4.32. The number of hydrogen-bond donors (Lipinski definition) is 0. The second-order valence-corrected chi connectivity index (χ2v) is 7.29. The predicted molar refractivity (Wildman–Crippen MR) is 93.5 cm³/mol. The number of Topliss-reactive ketones (excluding diaryl/α,β-unsaturated/α-hetero) is 1. The predicted octanol–water partition coefficient (Wildman–Crippen LogP) is 4.56. The van der Waals surface area contributed by atoms with Gasteiger partial charge < -0.3 is 4.74 Å². The molecule has 1 aromatic carbocycles. The highest BCUT2D eigenvalue weighted by atomic mass is 32.2. The Kier molecular flexibility index (Phi) is 6.90. The summed E-state index contributed by atoms with van der Waals surface area (Å²) in [6, 6.07) is 10.2. The number of carbonyl (C=O) groups is 2. The smallest absolute Gasteiger partial charge is 0.305 e. The molecule has 3 nitrogen and oxygen atoms in total. The van der Waals surface area contributed by atoms with Crippen LogP contribution in [0.5, 0.6) is 0 Å². The van der Waals surface area contributed by atoms with Crippen molar-refractivity contribution in [1.82, 2.24) is 0 Å². The van der Waals surface area contributed by atoms with E-state index in [0.717, 1.165) is 37.0 Å². The average Bonchev–Trinajstić information content (AvgIpc) is 2.92. The minimum Gasteiger partial charge on any atom is -0.469 e. The maximum absolute atomic E-state index is 12.4. The second-order valence-electron chi connectivity index (χ2n) is 5.83. The molecule has 1 atom stereocenters. The quantitative estimate of drug-likeness (QED) is 0.398. The van der Waals surface area contributed by atoms with Crippen LogP contribution in [0.3, 0.4) is 0 Å². The average molecular weight is 332 g/mol. The number of hydrogen-bond acceptors (Lipinski definition) is 4. The first-order valence-electron chi connectivity index (χ1n) is 8.15. The van der Waals surface area contributed by atoms with E-state index in [1.807, 2.05) is 18.2 Å². The molecule has 1 aromatic rings. The molecule has 1 fully saturated rings. The molecule has 1 saturated carbocycles. The van der Waals surface area contributed by atoms with Gasteiger partial charge in [0, 0.05) is 17.7 Å². The molecular formula is C19H24O3S. The lowest BCUT2D eigenvalue weighted by atomic mass is 10.0. The molecule has 4 heteroatoms. The minimum atomic E-state index is -0.305. The Balaban J connectivity index is 1.89. The first-order chi connectivity index (χ1) is 11.2. The van der Waals surface area contributed by atoms with Crippen LogP contribution >= 0.6 is 11.8 Å². The van der Waals surface area contributed by atoms with Crippen LogP contribution in [0.15, 0.2) is 47.4 Å². The molecule has 0 radical (unpaired) electrons. The summed E-state index contributed by atoms with van der Waals surface area (Å²) in [6.45, 7) is 0. The number of unbranched alkanes of at least 4 members (excludes halogenated alkanes) is 1. The topological polar surface area (TPSA) is 43.4 Å². The summed E-state index contributed by atoms with van der Waals surface area (Å²) in [4.78, 5) is 24.6. The standard InChI is InChI=1S/C19H24O3S/c1-22-18(21)13-7-2-3-8-14-19(15-9-12-17(19)20)23-16-10-5-4-6-11-16/h3-6,8,10-11H,2,7,9,12-15H2,1H3/b8-3-. The lowest BCUT2D eigenvalue weighted by molar-refractivity contribution is -0.140. The molecule has 0 amide bonds. The molecule has 0 spiro atoms. The summed E-state index contributed by atoms with van der Waals surface area (Å²) in [5, 5.41) is 0. The largest absolute Gasteiger partial charge is 0.469 e. The van der Waals surface area contributed by atoms with E-state index >= 15 is 0 Å². The summed E-state index contributed by atoms with van der Waals surface area (Å²) >= 11 is 1.70. The Hall–Kier alpha value is -1.55. The Bertz CT molecular complexity index is 553. The van der Waals surface area contributed by atoms with Crippen LogP contribution in [0.2, 0.25) is 0 Å². The van der Waals surface area contributed by atoms with E-state index in [1.54, 1.807) is 11.8 Å². The Morgan fingerprint density at radius 2 is 2.09 bits per heavy atom. The maximum Gasteiger partial charge on any atom is 0.305 e. The van der Waals surface area contributed by atoms with E-state index in [1.165, 1.54) is 7.11 Å². The van der Waals surface area contributed by atoms with Gasteiger partial charge in [-0.25, -0.2) is 0 Å². The van der Waals surface area contributed by atoms with Gasteiger partial charge in [0.2, 0.25) is 0 Å². The molecule has 23 heavy (non-hydrogen) atoms. The highest BCUT2D eigenvalue weighted by Crippen LogP contribution is 2.45. The number of ketones is 1. The third-order valence-corrected chi connectivity index (χ3v) is 5.64. The maximum atomic E-state index is 12.4. The van der Waals surface area contributed by atoms with Crippen molar-refractivity contribution in [3.05, 3.63) is 42.5 Å². The van der Waals surface area contributed by atoms with Crippen LogP contribution in [0, 0.1) is 0 Å². The zero-order valence-corrected chi connectivity index (χ0v) is 14.4. The molecule has 1 aliphatic rings. The van der Waals surface area contributed by atoms with Gasteiger partial charge in [-0.1, -0.05) is 30.4 Å². The van der Waals surface area contributed by atoms with Gasteiger partial charge in [0.15, 0.2) is 0 Å². The third kappa shape index (κ3) is 5.24. The van der Waals surface area contributed by atoms with Crippen molar-refractivity contribution >= 4 is 23.5 Å². The SMILES string of the molecule is COC(=O)CCC/C=C\CC1(Sc2ccccc2)CCCC1=O. The van der Waals surface area contributed by atoms with Crippen molar-refractivity contribution in [1.29, 1.82) is 0 Å². The molecule has 1 aliphatic carbocycles. The van der Waals surface area contributed by atoms with Crippen LogP contribution in [0.4, 0.5) is 0 Å². The lowest BCUT2D eigenvalue weighted by Gasteiger charge is -2.25. The van der Waals surface area contributed by atoms with Gasteiger partial charge in [0.25, 0.3) is 0 Å². The van der Waals surface area contributed by atoms with Crippen LogP contribution in [0.1, 0.15) is 44.9 Å². The Labute approximate surface area is 142 Å². The van der Waals surface area contributed by atoms with Gasteiger partial charge in [0.1, 0.15) is 5.78 Å². The third-order valence-electron chi connectivity index (χ3n) is 4.14. The summed E-state index contributed by atoms with van der Waals surface area (Å²) in [6.07, 6.45) is 9.65. The van der Waals surface area contributed by atoms with Crippen molar-refractivity contribution in [2.45, 2.75) is 54.6 Å². The normalized spacial score (nSPS) is 21.0. The molecule has 2 rings (SSSR count). The van der Waals surface area contributed by atoms with Crippen molar-refractivity contribution in [3.63, 3.8) is 0 Å². The fourth-order valence-corrected chi connectivity index (χ4v) is 4.23. The number of thioether (sulfide) groups is 1. The minimum absolute atomic E-state index is 0.166. The number of carbonyl (C=O) groups excluding carboxylic acids is 2. The second kappa shape index (κ2) is 8.92. The van der Waals surface area contributed by atoms with Crippen LogP contribution in [-0.2, 0) is 14.3 Å². The van der Waals surface area contributed by atoms with Crippen LogP contribution in [-0.4, -0.2) is 23.6 Å². The highest BCUT2D eigenvalue weighted by molar-refractivity contribution is 8.01. The van der Waals surface area contributed by atoms with Gasteiger partial charge in [-0.05, 0) is 44.2 Å². The van der Waals surface area contributed by atoms with E-state index in [0.29, 0.717) is 18.6 Å². The molecule has 0 aliphatic heterocycles. The monoisotopic (exact) mass is 332 g/mol. The molecule has 0 aromatic heterocycles. The van der Waals surface area contributed by atoms with Crippen molar-refractivity contribution in [2.75, 3.05) is 7.11 Å². The summed E-state index contributed by atoms with van der Waals surface area (Å²) in [5.41, 5.74) is 0. The van der Waals surface area contributed by atoms with Gasteiger partial charge in [0.05, 0.1) is 11.9 Å². The molecule has 0 bridgehead atoms. The first kappa shape index (κ1) is 17.8. The van der Waals surface area contributed by atoms with E-state index in [2.05, 4.69) is 29.0 Å². The Morgan fingerprint density at radius 1 is 1.30 bits per heavy atom. The van der Waals surface area contributed by atoms with Crippen molar-refractivity contribution < 1.29 is 14.3 Å². The molecule has 0 saturated heterocycles. The highest BCUT2D eigenvalue weighted by Gasteiger charge is 2.41. The van der Waals surface area contributed by atoms with Crippen molar-refractivity contribution in [2.24, 2.45) is 0 Å². The molecule has 124 valence electrons. The molecule has 0 N–H and O–H groups in total. The fraction of sp³-hybridized carbons (Fsp3) is 0.474. The number of benzene rings is 1. The van der Waals surface area contributed by atoms with Gasteiger partial charge in [-0.15, -0.1) is 11.8 Å². The number of esters is 1. The summed E-state index contributed by atoms with van der Waals surface area (Å²) in [5.74, 6) is 0.200. The van der Waals surface area contributed by atoms with E-state index in [-0.39, 0.29) is 10.7 Å². The zero-order chi connectivity index (χ0) is 16.5. The number of rotatable bonds is 8. The zero-order valence-electron chi connectivity index (χ0n) is 13.6. The number of allylic oxidation sites excluding steroid dienone is 2. The number of ether oxygens (including phenoxy) is 1. The van der Waals surface area contributed by atoms with Crippen LogP contribution in [0.25, 0.3) is 0 Å². The first-order valence-corrected chi connectivity index (χ1v) is 8.97. The molecule has 1 unspecified atom stereocenters. The fourth-order valence-electron chi connectivity index (χ4n) is 2.84. The lowest BCUT2D eigenvalue weighted by Crippen LogP contribution is -2.28. The van der Waals surface area contributed by atoms with Gasteiger partial charge in [-0.2, -0.15) is 0 Å². The molecule has 0 heterocycles. The van der Waals surface area contributed by atoms with Gasteiger partial charge in [-0.3, -0.25) is 9.59 Å². The van der Waals surface area contributed by atoms with E-state index < -0.39 is 0 Å².